The van der Waals surface area contributed by atoms with Crippen molar-refractivity contribution in [2.45, 2.75) is 32.0 Å². The van der Waals surface area contributed by atoms with Crippen molar-refractivity contribution in [2.24, 2.45) is 5.92 Å². The highest BCUT2D eigenvalue weighted by atomic mass is 79.9. The minimum Gasteiger partial charge on any atom is -0.466 e. The van der Waals surface area contributed by atoms with Crippen molar-refractivity contribution in [3.8, 4) is 0 Å². The maximum absolute atomic E-state index is 11.3. The van der Waals surface area contributed by atoms with Crippen molar-refractivity contribution in [1.82, 2.24) is 0 Å². The van der Waals surface area contributed by atoms with Gasteiger partial charge in [-0.25, -0.2) is 0 Å². The lowest BCUT2D eigenvalue weighted by atomic mass is 10.1. The highest BCUT2D eigenvalue weighted by molar-refractivity contribution is 9.10. The van der Waals surface area contributed by atoms with Crippen molar-refractivity contribution >= 4 is 27.9 Å². The molecule has 0 aliphatic carbocycles. The maximum Gasteiger partial charge on any atom is 0.319 e. The molecule has 15 heavy (non-hydrogen) atoms. The van der Waals surface area contributed by atoms with E-state index in [1.54, 1.807) is 20.8 Å². The van der Waals surface area contributed by atoms with E-state index >= 15 is 0 Å². The summed E-state index contributed by atoms with van der Waals surface area (Å²) in [5.74, 6) is -0.932. The molecule has 0 N–H and O–H groups in total. The normalized spacial score (nSPS) is 14.1. The Bertz CT molecular complexity index is 195. The quantitative estimate of drug-likeness (QED) is 0.551. The highest BCUT2D eigenvalue weighted by Crippen LogP contribution is 2.16. The summed E-state index contributed by atoms with van der Waals surface area (Å²) in [7, 11) is 0. The molecule has 2 atom stereocenters. The van der Waals surface area contributed by atoms with E-state index in [4.69, 9.17) is 9.47 Å². The Labute approximate surface area is 98.4 Å². The molecule has 88 valence electrons. The van der Waals surface area contributed by atoms with Crippen LogP contribution in [0.1, 0.15) is 27.2 Å². The minimum atomic E-state index is -0.447. The fourth-order valence-corrected chi connectivity index (χ4v) is 1.71. The summed E-state index contributed by atoms with van der Waals surface area (Å²) in [6.07, 6.45) is 0.387. The third kappa shape index (κ3) is 5.77. The second kappa shape index (κ2) is 7.68. The smallest absolute Gasteiger partial charge is 0.319 e. The van der Waals surface area contributed by atoms with Gasteiger partial charge in [-0.05, 0) is 20.3 Å². The summed E-state index contributed by atoms with van der Waals surface area (Å²) < 4.78 is 9.64. The van der Waals surface area contributed by atoms with Gasteiger partial charge in [-0.3, -0.25) is 9.59 Å². The Balaban J connectivity index is 3.99. The van der Waals surface area contributed by atoms with Gasteiger partial charge in [-0.2, -0.15) is 0 Å². The molecule has 0 heterocycles. The van der Waals surface area contributed by atoms with Gasteiger partial charge in [0.05, 0.1) is 19.1 Å². The number of alkyl halides is 1. The van der Waals surface area contributed by atoms with Crippen LogP contribution < -0.4 is 0 Å². The molecule has 0 radical (unpaired) electrons. The second-order valence-corrected chi connectivity index (χ2v) is 4.21. The number of hydrogen-bond acceptors (Lipinski definition) is 4. The number of halogens is 1. The van der Waals surface area contributed by atoms with Crippen LogP contribution in [0, 0.1) is 5.92 Å². The van der Waals surface area contributed by atoms with Crippen molar-refractivity contribution in [3.05, 3.63) is 0 Å². The van der Waals surface area contributed by atoms with Crippen molar-refractivity contribution in [3.63, 3.8) is 0 Å². The molecule has 0 fully saturated rings. The van der Waals surface area contributed by atoms with Crippen molar-refractivity contribution in [1.29, 1.82) is 0 Å². The zero-order valence-electron chi connectivity index (χ0n) is 9.29. The van der Waals surface area contributed by atoms with Gasteiger partial charge >= 0.3 is 11.9 Å². The number of esters is 2. The van der Waals surface area contributed by atoms with Gasteiger partial charge in [0, 0.05) is 0 Å². The van der Waals surface area contributed by atoms with Gasteiger partial charge in [0.2, 0.25) is 0 Å². The molecule has 0 bridgehead atoms. The molecule has 5 heteroatoms. The van der Waals surface area contributed by atoms with E-state index in [0.29, 0.717) is 19.6 Å². The SMILES string of the molecule is CCOC(=O)C(C)C[C@H](Br)C(=O)OCC. The van der Waals surface area contributed by atoms with Crippen LogP contribution in [-0.2, 0) is 19.1 Å². The highest BCUT2D eigenvalue weighted by Gasteiger charge is 2.23. The van der Waals surface area contributed by atoms with Crippen LogP contribution in [0.2, 0.25) is 0 Å². The maximum atomic E-state index is 11.3. The molecule has 0 aromatic rings. The number of hydrogen-bond donors (Lipinski definition) is 0. The third-order valence-corrected chi connectivity index (χ3v) is 2.54. The largest absolute Gasteiger partial charge is 0.466 e. The molecule has 0 aliphatic heterocycles. The van der Waals surface area contributed by atoms with E-state index in [9.17, 15) is 9.59 Å². The molecule has 0 aromatic heterocycles. The standard InChI is InChI=1S/C10H17BrO4/c1-4-14-9(12)7(3)6-8(11)10(13)15-5-2/h7-8H,4-6H2,1-3H3/t7?,8-/m0/s1. The minimum absolute atomic E-state index is 0.286. The molecule has 0 amide bonds. The van der Waals surface area contributed by atoms with E-state index in [1.807, 2.05) is 0 Å². The van der Waals surface area contributed by atoms with E-state index in [-0.39, 0.29) is 17.9 Å². The summed E-state index contributed by atoms with van der Waals surface area (Å²) >= 11 is 3.18. The van der Waals surface area contributed by atoms with Crippen LogP contribution in [0.5, 0.6) is 0 Å². The summed E-state index contributed by atoms with van der Waals surface area (Å²) in [5, 5.41) is 0. The lowest BCUT2D eigenvalue weighted by Gasteiger charge is -2.13. The van der Waals surface area contributed by atoms with E-state index in [2.05, 4.69) is 15.9 Å². The first-order chi connectivity index (χ1) is 7.02. The Hall–Kier alpha value is -0.580. The van der Waals surface area contributed by atoms with Crippen LogP contribution in [-0.4, -0.2) is 30.0 Å². The lowest BCUT2D eigenvalue weighted by molar-refractivity contribution is -0.148. The van der Waals surface area contributed by atoms with Crippen molar-refractivity contribution < 1.29 is 19.1 Å². The first kappa shape index (κ1) is 14.4. The number of carbonyl (C=O) groups is 2. The van der Waals surface area contributed by atoms with Crippen molar-refractivity contribution in [2.75, 3.05) is 13.2 Å². The van der Waals surface area contributed by atoms with E-state index in [0.717, 1.165) is 0 Å². The summed E-state index contributed by atoms with van der Waals surface area (Å²) in [6.45, 7) is 5.92. The second-order valence-electron chi connectivity index (χ2n) is 3.11. The Morgan fingerprint density at radius 2 is 1.60 bits per heavy atom. The van der Waals surface area contributed by atoms with Gasteiger partial charge < -0.3 is 9.47 Å². The number of ether oxygens (including phenoxy) is 2. The molecule has 1 unspecified atom stereocenters. The zero-order chi connectivity index (χ0) is 11.8. The first-order valence-corrected chi connectivity index (χ1v) is 5.91. The average molecular weight is 281 g/mol. The van der Waals surface area contributed by atoms with Crippen LogP contribution >= 0.6 is 15.9 Å². The molecule has 0 spiro atoms. The van der Waals surface area contributed by atoms with Gasteiger partial charge in [0.15, 0.2) is 0 Å². The van der Waals surface area contributed by atoms with Crippen LogP contribution in [0.15, 0.2) is 0 Å². The Morgan fingerprint density at radius 3 is 2.07 bits per heavy atom. The van der Waals surface area contributed by atoms with Gasteiger partial charge in [-0.15, -0.1) is 0 Å². The molecular weight excluding hydrogens is 264 g/mol. The predicted molar refractivity (Wildman–Crippen MR) is 59.8 cm³/mol. The number of rotatable bonds is 6. The fourth-order valence-electron chi connectivity index (χ4n) is 1.02. The Kier molecular flexibility index (Phi) is 7.38. The molecule has 0 rings (SSSR count). The van der Waals surface area contributed by atoms with E-state index in [1.165, 1.54) is 0 Å². The molecule has 4 nitrogen and oxygen atoms in total. The molecule has 0 aliphatic rings. The first-order valence-electron chi connectivity index (χ1n) is 5.00. The summed E-state index contributed by atoms with van der Waals surface area (Å²) in [5.41, 5.74) is 0. The van der Waals surface area contributed by atoms with Crippen LogP contribution in [0.3, 0.4) is 0 Å². The fraction of sp³-hybridized carbons (Fsp3) is 0.800. The predicted octanol–water partition coefficient (Wildman–Crippen LogP) is 1.90. The van der Waals surface area contributed by atoms with Gasteiger partial charge in [-0.1, -0.05) is 22.9 Å². The molecular formula is C10H17BrO4. The molecule has 0 saturated carbocycles. The molecule has 0 aromatic carbocycles. The lowest BCUT2D eigenvalue weighted by Crippen LogP contribution is -2.24. The monoisotopic (exact) mass is 280 g/mol. The summed E-state index contributed by atoms with van der Waals surface area (Å²) in [4.78, 5) is 22.1. The topological polar surface area (TPSA) is 52.6 Å². The summed E-state index contributed by atoms with van der Waals surface area (Å²) in [6, 6.07) is 0. The number of carbonyl (C=O) groups excluding carboxylic acids is 2. The Morgan fingerprint density at radius 1 is 1.13 bits per heavy atom. The van der Waals surface area contributed by atoms with E-state index < -0.39 is 4.83 Å². The average Bonchev–Trinajstić information content (AvgIpc) is 2.18. The third-order valence-electron chi connectivity index (χ3n) is 1.79. The van der Waals surface area contributed by atoms with Gasteiger partial charge in [0.25, 0.3) is 0 Å². The zero-order valence-corrected chi connectivity index (χ0v) is 10.9. The van der Waals surface area contributed by atoms with Crippen LogP contribution in [0.4, 0.5) is 0 Å². The van der Waals surface area contributed by atoms with Gasteiger partial charge in [0.1, 0.15) is 4.83 Å². The van der Waals surface area contributed by atoms with Crippen LogP contribution in [0.25, 0.3) is 0 Å². The molecule has 0 saturated heterocycles.